The number of carbonyl (C=O) groups is 1. The summed E-state index contributed by atoms with van der Waals surface area (Å²) >= 11 is 0. The summed E-state index contributed by atoms with van der Waals surface area (Å²) in [7, 11) is 1.48. The molecule has 1 aliphatic carbocycles. The fourth-order valence-corrected chi connectivity index (χ4v) is 2.67. The third-order valence-corrected chi connectivity index (χ3v) is 4.00. The van der Waals surface area contributed by atoms with E-state index < -0.39 is 0 Å². The number of carbonyl (C=O) groups excluding carboxylic acids is 1. The minimum absolute atomic E-state index is 0.0131. The Hall–Kier alpha value is -1.71. The molecule has 0 bridgehead atoms. The van der Waals surface area contributed by atoms with Crippen LogP contribution in [0.25, 0.3) is 0 Å². The van der Waals surface area contributed by atoms with Crippen molar-refractivity contribution < 1.29 is 14.6 Å². The average Bonchev–Trinajstić information content (AvgIpc) is 2.68. The highest BCUT2D eigenvalue weighted by molar-refractivity contribution is 5.95. The summed E-state index contributed by atoms with van der Waals surface area (Å²) < 4.78 is 4.96. The van der Waals surface area contributed by atoms with Gasteiger partial charge in [0.05, 0.1) is 7.11 Å². The second kappa shape index (κ2) is 5.11. The zero-order valence-corrected chi connectivity index (χ0v) is 11.7. The van der Waals surface area contributed by atoms with Gasteiger partial charge in [-0.3, -0.25) is 4.79 Å². The fraction of sp³-hybridized carbons (Fsp3) is 0.533. The maximum atomic E-state index is 12.2. The van der Waals surface area contributed by atoms with Crippen LogP contribution < -0.4 is 10.1 Å². The van der Waals surface area contributed by atoms with Crippen LogP contribution in [0.15, 0.2) is 18.2 Å². The molecule has 2 N–H and O–H groups in total. The molecule has 0 spiro atoms. The van der Waals surface area contributed by atoms with E-state index in [0.29, 0.717) is 11.3 Å². The first-order chi connectivity index (χ1) is 8.94. The lowest BCUT2D eigenvalue weighted by Crippen LogP contribution is -2.41. The number of aromatic hydroxyl groups is 1. The predicted molar refractivity (Wildman–Crippen MR) is 73.5 cm³/mol. The van der Waals surface area contributed by atoms with E-state index in [0.717, 1.165) is 19.3 Å². The minimum atomic E-state index is -0.141. The Balaban J connectivity index is 2.10. The van der Waals surface area contributed by atoms with E-state index in [9.17, 15) is 9.90 Å². The molecule has 1 aromatic carbocycles. The number of phenols is 1. The number of amides is 1. The molecule has 1 aliphatic rings. The number of benzene rings is 1. The van der Waals surface area contributed by atoms with Crippen molar-refractivity contribution in [1.82, 2.24) is 5.32 Å². The van der Waals surface area contributed by atoms with Gasteiger partial charge in [-0.2, -0.15) is 0 Å². The maximum absolute atomic E-state index is 12.2. The summed E-state index contributed by atoms with van der Waals surface area (Å²) in [4.78, 5) is 12.2. The van der Waals surface area contributed by atoms with Gasteiger partial charge >= 0.3 is 0 Å². The highest BCUT2D eigenvalue weighted by atomic mass is 16.5. The monoisotopic (exact) mass is 263 g/mol. The van der Waals surface area contributed by atoms with Crippen LogP contribution >= 0.6 is 0 Å². The van der Waals surface area contributed by atoms with Crippen molar-refractivity contribution in [3.63, 3.8) is 0 Å². The zero-order valence-electron chi connectivity index (χ0n) is 11.7. The Kier molecular flexibility index (Phi) is 3.69. The molecule has 1 atom stereocenters. The van der Waals surface area contributed by atoms with Gasteiger partial charge in [0, 0.05) is 11.6 Å². The highest BCUT2D eigenvalue weighted by Crippen LogP contribution is 2.37. The van der Waals surface area contributed by atoms with Crippen molar-refractivity contribution in [2.75, 3.05) is 7.11 Å². The third kappa shape index (κ3) is 2.83. The standard InChI is InChI=1S/C15H21NO3/c1-15(2)8-4-5-13(15)16-14(18)10-6-7-12(19-3)11(17)9-10/h6-7,9,13,17H,4-5,8H2,1-3H3,(H,16,18). The van der Waals surface area contributed by atoms with Crippen molar-refractivity contribution in [1.29, 1.82) is 0 Å². The molecule has 104 valence electrons. The summed E-state index contributed by atoms with van der Waals surface area (Å²) in [5, 5.41) is 12.8. The molecule has 0 saturated heterocycles. The number of hydrogen-bond donors (Lipinski definition) is 2. The number of rotatable bonds is 3. The Morgan fingerprint density at radius 2 is 2.21 bits per heavy atom. The summed E-state index contributed by atoms with van der Waals surface area (Å²) in [6.07, 6.45) is 3.29. The van der Waals surface area contributed by atoms with Crippen LogP contribution in [0.2, 0.25) is 0 Å². The largest absolute Gasteiger partial charge is 0.504 e. The fourth-order valence-electron chi connectivity index (χ4n) is 2.67. The molecule has 19 heavy (non-hydrogen) atoms. The molecule has 4 nitrogen and oxygen atoms in total. The second-order valence-electron chi connectivity index (χ2n) is 5.79. The van der Waals surface area contributed by atoms with E-state index in [4.69, 9.17) is 4.74 Å². The van der Waals surface area contributed by atoms with Crippen LogP contribution in [0.3, 0.4) is 0 Å². The Labute approximate surface area is 113 Å². The molecule has 1 aromatic rings. The quantitative estimate of drug-likeness (QED) is 0.881. The number of hydrogen-bond acceptors (Lipinski definition) is 3. The lowest BCUT2D eigenvalue weighted by atomic mass is 9.87. The van der Waals surface area contributed by atoms with E-state index >= 15 is 0 Å². The molecule has 0 radical (unpaired) electrons. The molecular weight excluding hydrogens is 242 g/mol. The van der Waals surface area contributed by atoms with Gasteiger partial charge in [-0.15, -0.1) is 0 Å². The van der Waals surface area contributed by atoms with Gasteiger partial charge in [0.2, 0.25) is 0 Å². The van der Waals surface area contributed by atoms with Crippen LogP contribution in [0.1, 0.15) is 43.5 Å². The van der Waals surface area contributed by atoms with Gasteiger partial charge in [-0.25, -0.2) is 0 Å². The van der Waals surface area contributed by atoms with Crippen molar-refractivity contribution in [2.45, 2.75) is 39.2 Å². The smallest absolute Gasteiger partial charge is 0.251 e. The Bertz CT molecular complexity index is 482. The maximum Gasteiger partial charge on any atom is 0.251 e. The number of nitrogens with one attached hydrogen (secondary N) is 1. The summed E-state index contributed by atoms with van der Waals surface area (Å²) in [5.74, 6) is 0.219. The van der Waals surface area contributed by atoms with Gasteiger partial charge in [-0.05, 0) is 36.5 Å². The van der Waals surface area contributed by atoms with E-state index in [-0.39, 0.29) is 23.1 Å². The van der Waals surface area contributed by atoms with Gasteiger partial charge in [0.1, 0.15) is 0 Å². The van der Waals surface area contributed by atoms with Crippen LogP contribution in [-0.4, -0.2) is 24.2 Å². The van der Waals surface area contributed by atoms with E-state index in [1.165, 1.54) is 13.2 Å². The van der Waals surface area contributed by atoms with Gasteiger partial charge < -0.3 is 15.2 Å². The van der Waals surface area contributed by atoms with E-state index in [1.807, 2.05) is 0 Å². The number of ether oxygens (including phenoxy) is 1. The summed E-state index contributed by atoms with van der Waals surface area (Å²) in [5.41, 5.74) is 0.602. The summed E-state index contributed by atoms with van der Waals surface area (Å²) in [6.45, 7) is 4.35. The first kappa shape index (κ1) is 13.7. The number of phenolic OH excluding ortho intramolecular Hbond substituents is 1. The SMILES string of the molecule is COc1ccc(C(=O)NC2CCCC2(C)C)cc1O. The molecule has 1 saturated carbocycles. The average molecular weight is 263 g/mol. The molecular formula is C15H21NO3. The van der Waals surface area contributed by atoms with Crippen LogP contribution in [0, 0.1) is 5.41 Å². The van der Waals surface area contributed by atoms with Crippen molar-refractivity contribution in [3.05, 3.63) is 23.8 Å². The van der Waals surface area contributed by atoms with Crippen molar-refractivity contribution >= 4 is 5.91 Å². The van der Waals surface area contributed by atoms with Crippen LogP contribution in [0.4, 0.5) is 0 Å². The molecule has 2 rings (SSSR count). The first-order valence-corrected chi connectivity index (χ1v) is 6.62. The molecule has 1 amide bonds. The third-order valence-electron chi connectivity index (χ3n) is 4.00. The minimum Gasteiger partial charge on any atom is -0.504 e. The molecule has 0 aliphatic heterocycles. The molecule has 4 heteroatoms. The Morgan fingerprint density at radius 1 is 1.47 bits per heavy atom. The van der Waals surface area contributed by atoms with Crippen LogP contribution in [-0.2, 0) is 0 Å². The Morgan fingerprint density at radius 3 is 2.74 bits per heavy atom. The van der Waals surface area contributed by atoms with Crippen molar-refractivity contribution in [2.24, 2.45) is 5.41 Å². The second-order valence-corrected chi connectivity index (χ2v) is 5.79. The van der Waals surface area contributed by atoms with Gasteiger partial charge in [-0.1, -0.05) is 20.3 Å². The number of methoxy groups -OCH3 is 1. The zero-order chi connectivity index (χ0) is 14.0. The molecule has 1 fully saturated rings. The summed E-state index contributed by atoms with van der Waals surface area (Å²) in [6, 6.07) is 4.90. The predicted octanol–water partition coefficient (Wildman–Crippen LogP) is 2.71. The van der Waals surface area contributed by atoms with E-state index in [1.54, 1.807) is 12.1 Å². The first-order valence-electron chi connectivity index (χ1n) is 6.62. The normalized spacial score (nSPS) is 21.1. The van der Waals surface area contributed by atoms with Gasteiger partial charge in [0.15, 0.2) is 11.5 Å². The van der Waals surface area contributed by atoms with Gasteiger partial charge in [0.25, 0.3) is 5.91 Å². The van der Waals surface area contributed by atoms with Crippen molar-refractivity contribution in [3.8, 4) is 11.5 Å². The lowest BCUT2D eigenvalue weighted by molar-refractivity contribution is 0.0909. The topological polar surface area (TPSA) is 58.6 Å². The van der Waals surface area contributed by atoms with Crippen LogP contribution in [0.5, 0.6) is 11.5 Å². The molecule has 0 heterocycles. The highest BCUT2D eigenvalue weighted by Gasteiger charge is 2.35. The molecule has 1 unspecified atom stereocenters. The lowest BCUT2D eigenvalue weighted by Gasteiger charge is -2.27. The molecule has 0 aromatic heterocycles. The van der Waals surface area contributed by atoms with E-state index in [2.05, 4.69) is 19.2 Å².